The van der Waals surface area contributed by atoms with Gasteiger partial charge in [0.2, 0.25) is 10.0 Å². The number of rotatable bonds is 6. The second kappa shape index (κ2) is 7.56. The van der Waals surface area contributed by atoms with E-state index in [4.69, 9.17) is 0 Å². The Morgan fingerprint density at radius 2 is 1.62 bits per heavy atom. The molecule has 0 saturated carbocycles. The van der Waals surface area contributed by atoms with Gasteiger partial charge in [0.1, 0.15) is 6.54 Å². The normalized spacial score (nSPS) is 12.0. The minimum absolute atomic E-state index is 0.171. The van der Waals surface area contributed by atoms with Crippen LogP contribution in [0.2, 0.25) is 0 Å². The van der Waals surface area contributed by atoms with Crippen molar-refractivity contribution in [1.29, 1.82) is 0 Å². The predicted molar refractivity (Wildman–Crippen MR) is 90.0 cm³/mol. The number of halogens is 3. The van der Waals surface area contributed by atoms with E-state index < -0.39 is 28.7 Å². The number of ketones is 1. The molecule has 0 spiro atoms. The third-order valence-corrected chi connectivity index (χ3v) is 5.66. The van der Waals surface area contributed by atoms with Crippen molar-refractivity contribution in [3.05, 3.63) is 46.2 Å². The van der Waals surface area contributed by atoms with E-state index in [1.54, 1.807) is 0 Å². The summed E-state index contributed by atoms with van der Waals surface area (Å²) in [5, 5.41) is 2.51. The Morgan fingerprint density at radius 1 is 1.04 bits per heavy atom. The Bertz CT molecular complexity index is 919. The molecule has 1 aromatic heterocycles. The van der Waals surface area contributed by atoms with Crippen LogP contribution in [0.25, 0.3) is 0 Å². The highest BCUT2D eigenvalue weighted by Gasteiger charge is 2.30. The van der Waals surface area contributed by atoms with Crippen molar-refractivity contribution in [2.75, 3.05) is 11.9 Å². The Kier molecular flexibility index (Phi) is 5.84. The molecule has 0 bridgehead atoms. The van der Waals surface area contributed by atoms with Crippen molar-refractivity contribution < 1.29 is 31.2 Å². The first-order valence-electron chi connectivity index (χ1n) is 7.06. The molecule has 0 aliphatic heterocycles. The molecule has 1 amide bonds. The van der Waals surface area contributed by atoms with Gasteiger partial charge in [0.25, 0.3) is 5.91 Å². The minimum atomic E-state index is -4.67. The van der Waals surface area contributed by atoms with Crippen LogP contribution in [0.4, 0.5) is 18.9 Å². The Morgan fingerprint density at radius 3 is 2.12 bits per heavy atom. The average molecular weight is 406 g/mol. The first kappa shape index (κ1) is 20.1. The number of alkyl halides is 3. The molecule has 0 atom stereocenters. The van der Waals surface area contributed by atoms with Crippen molar-refractivity contribution in [3.8, 4) is 0 Å². The smallest absolute Gasteiger partial charge is 0.321 e. The van der Waals surface area contributed by atoms with Gasteiger partial charge >= 0.3 is 6.18 Å². The summed E-state index contributed by atoms with van der Waals surface area (Å²) in [5.41, 5.74) is 0.252. The molecule has 0 fully saturated rings. The molecule has 0 saturated heterocycles. The zero-order valence-electron chi connectivity index (χ0n) is 13.3. The van der Waals surface area contributed by atoms with E-state index in [2.05, 4.69) is 5.32 Å². The van der Waals surface area contributed by atoms with Gasteiger partial charge in [-0.1, -0.05) is 0 Å². The SMILES string of the molecule is CC(=O)c1ccc(C(=O)Nc2ccc(S(=O)(=O)NCC(F)(F)F)cc2)s1. The summed E-state index contributed by atoms with van der Waals surface area (Å²) in [5.74, 6) is -0.664. The number of carbonyl (C=O) groups excluding carboxylic acids is 2. The topological polar surface area (TPSA) is 92.3 Å². The molecular formula is C15H13F3N2O4S2. The second-order valence-corrected chi connectivity index (χ2v) is 7.99. The second-order valence-electron chi connectivity index (χ2n) is 5.14. The summed E-state index contributed by atoms with van der Waals surface area (Å²) in [6.45, 7) is -0.301. The number of nitrogens with one attached hydrogen (secondary N) is 2. The quantitative estimate of drug-likeness (QED) is 0.722. The van der Waals surface area contributed by atoms with Gasteiger partial charge in [-0.15, -0.1) is 11.3 Å². The molecule has 2 rings (SSSR count). The van der Waals surface area contributed by atoms with Gasteiger partial charge in [0.15, 0.2) is 5.78 Å². The zero-order valence-corrected chi connectivity index (χ0v) is 14.9. The van der Waals surface area contributed by atoms with Gasteiger partial charge in [-0.3, -0.25) is 9.59 Å². The Hall–Kier alpha value is -2.24. The molecule has 6 nitrogen and oxygen atoms in total. The van der Waals surface area contributed by atoms with E-state index in [0.717, 1.165) is 23.5 Å². The van der Waals surface area contributed by atoms with Gasteiger partial charge in [0, 0.05) is 5.69 Å². The van der Waals surface area contributed by atoms with Crippen molar-refractivity contribution in [2.24, 2.45) is 0 Å². The van der Waals surface area contributed by atoms with Crippen LogP contribution in [-0.2, 0) is 10.0 Å². The number of Topliss-reactive ketones (excluding diaryl/α,β-unsaturated/α-hetero) is 1. The number of sulfonamides is 1. The molecular weight excluding hydrogens is 393 g/mol. The van der Waals surface area contributed by atoms with Gasteiger partial charge in [-0.05, 0) is 43.3 Å². The monoisotopic (exact) mass is 406 g/mol. The maximum atomic E-state index is 12.1. The highest BCUT2D eigenvalue weighted by atomic mass is 32.2. The minimum Gasteiger partial charge on any atom is -0.321 e. The average Bonchev–Trinajstić information content (AvgIpc) is 3.03. The maximum Gasteiger partial charge on any atom is 0.402 e. The van der Waals surface area contributed by atoms with Gasteiger partial charge in [-0.25, -0.2) is 13.1 Å². The summed E-state index contributed by atoms with van der Waals surface area (Å²) in [4.78, 5) is 23.7. The van der Waals surface area contributed by atoms with Crippen molar-refractivity contribution in [2.45, 2.75) is 18.0 Å². The third-order valence-electron chi connectivity index (χ3n) is 3.06. The molecule has 26 heavy (non-hydrogen) atoms. The Balaban J connectivity index is 2.06. The van der Waals surface area contributed by atoms with Crippen molar-refractivity contribution in [3.63, 3.8) is 0 Å². The first-order valence-corrected chi connectivity index (χ1v) is 9.36. The number of benzene rings is 1. The molecule has 0 radical (unpaired) electrons. The van der Waals surface area contributed by atoms with Gasteiger partial charge < -0.3 is 5.32 Å². The van der Waals surface area contributed by atoms with Crippen LogP contribution in [0, 0.1) is 0 Å². The summed E-state index contributed by atoms with van der Waals surface area (Å²) < 4.78 is 61.4. The maximum absolute atomic E-state index is 12.1. The van der Waals surface area contributed by atoms with Crippen LogP contribution in [0.1, 0.15) is 26.3 Å². The number of carbonyl (C=O) groups is 2. The van der Waals surface area contributed by atoms with Crippen molar-refractivity contribution >= 4 is 38.7 Å². The lowest BCUT2D eigenvalue weighted by molar-refractivity contribution is -0.121. The third kappa shape index (κ3) is 5.38. The number of thiophene rings is 1. The van der Waals surface area contributed by atoms with Crippen LogP contribution in [0.5, 0.6) is 0 Å². The fourth-order valence-electron chi connectivity index (χ4n) is 1.82. The number of hydrogen-bond acceptors (Lipinski definition) is 5. The van der Waals surface area contributed by atoms with E-state index in [-0.39, 0.29) is 16.4 Å². The number of amides is 1. The number of hydrogen-bond donors (Lipinski definition) is 2. The van der Waals surface area contributed by atoms with Crippen LogP contribution in [-0.4, -0.2) is 32.8 Å². The highest BCUT2D eigenvalue weighted by Crippen LogP contribution is 2.20. The fraction of sp³-hybridized carbons (Fsp3) is 0.200. The van der Waals surface area contributed by atoms with Crippen molar-refractivity contribution in [1.82, 2.24) is 4.72 Å². The fourth-order valence-corrected chi connectivity index (χ4v) is 3.63. The van der Waals surface area contributed by atoms with E-state index in [1.165, 1.54) is 35.9 Å². The predicted octanol–water partition coefficient (Wildman–Crippen LogP) is 3.04. The van der Waals surface area contributed by atoms with Crippen LogP contribution in [0.3, 0.4) is 0 Å². The summed E-state index contributed by atoms with van der Waals surface area (Å²) in [6.07, 6.45) is -4.67. The molecule has 0 aliphatic carbocycles. The number of anilines is 1. The summed E-state index contributed by atoms with van der Waals surface area (Å²) >= 11 is 1.01. The molecule has 1 aromatic carbocycles. The van der Waals surface area contributed by atoms with E-state index >= 15 is 0 Å². The van der Waals surface area contributed by atoms with E-state index in [0.29, 0.717) is 9.75 Å². The standard InChI is InChI=1S/C15H13F3N2O4S2/c1-9(21)12-6-7-13(25-12)14(22)20-10-2-4-11(5-3-10)26(23,24)19-8-15(16,17)18/h2-7,19H,8H2,1H3,(H,20,22). The molecule has 0 aliphatic rings. The molecule has 2 N–H and O–H groups in total. The van der Waals surface area contributed by atoms with Crippen LogP contribution in [0.15, 0.2) is 41.3 Å². The Labute approximate surface area is 151 Å². The first-order chi connectivity index (χ1) is 12.0. The van der Waals surface area contributed by atoms with Gasteiger partial charge in [0.05, 0.1) is 14.6 Å². The van der Waals surface area contributed by atoms with E-state index in [9.17, 15) is 31.2 Å². The zero-order chi connectivity index (χ0) is 19.5. The van der Waals surface area contributed by atoms with Gasteiger partial charge in [-0.2, -0.15) is 13.2 Å². The van der Waals surface area contributed by atoms with E-state index in [1.807, 2.05) is 0 Å². The molecule has 140 valence electrons. The molecule has 11 heteroatoms. The largest absolute Gasteiger partial charge is 0.402 e. The van der Waals surface area contributed by atoms with Crippen LogP contribution < -0.4 is 10.0 Å². The highest BCUT2D eigenvalue weighted by molar-refractivity contribution is 7.89. The molecule has 2 aromatic rings. The lowest BCUT2D eigenvalue weighted by atomic mass is 10.3. The lowest BCUT2D eigenvalue weighted by Crippen LogP contribution is -2.33. The summed E-state index contributed by atoms with van der Waals surface area (Å²) in [6, 6.07) is 7.65. The van der Waals surface area contributed by atoms with Crippen LogP contribution >= 0.6 is 11.3 Å². The summed E-state index contributed by atoms with van der Waals surface area (Å²) in [7, 11) is -4.32. The lowest BCUT2D eigenvalue weighted by Gasteiger charge is -2.10. The molecule has 0 unspecified atom stereocenters. The molecule has 1 heterocycles.